The molecule has 0 radical (unpaired) electrons. The van der Waals surface area contributed by atoms with Gasteiger partial charge in [0.2, 0.25) is 5.91 Å². The van der Waals surface area contributed by atoms with Crippen molar-refractivity contribution >= 4 is 18.3 Å². The second kappa shape index (κ2) is 5.86. The van der Waals surface area contributed by atoms with Crippen LogP contribution in [0.1, 0.15) is 37.7 Å². The summed E-state index contributed by atoms with van der Waals surface area (Å²) in [5.41, 5.74) is 7.27. The standard InChI is InChI=1S/C18H24N2O.ClH/c19-16-8-4-5-13-11-20(12-15(13)16)17(21)18(9-10-18)14-6-2-1-3-7-14;/h1-3,6-7,13,15-16H,4-5,8-12,19H2;1H. The average molecular weight is 321 g/mol. The average Bonchev–Trinajstić information content (AvgIpc) is 3.21. The lowest BCUT2D eigenvalue weighted by Crippen LogP contribution is -2.40. The van der Waals surface area contributed by atoms with Crippen LogP contribution in [0.2, 0.25) is 0 Å². The van der Waals surface area contributed by atoms with Gasteiger partial charge >= 0.3 is 0 Å². The molecule has 1 saturated heterocycles. The number of halogens is 1. The normalized spacial score (nSPS) is 32.0. The molecule has 0 bridgehead atoms. The van der Waals surface area contributed by atoms with Gasteiger partial charge in [0, 0.05) is 19.1 Å². The fourth-order valence-corrected chi connectivity index (χ4v) is 4.49. The third kappa shape index (κ3) is 2.44. The van der Waals surface area contributed by atoms with E-state index < -0.39 is 0 Å². The Morgan fingerprint density at radius 2 is 1.86 bits per heavy atom. The maximum Gasteiger partial charge on any atom is 0.233 e. The van der Waals surface area contributed by atoms with Gasteiger partial charge in [0.05, 0.1) is 5.41 Å². The van der Waals surface area contributed by atoms with E-state index in [0.717, 1.165) is 32.4 Å². The summed E-state index contributed by atoms with van der Waals surface area (Å²) in [6, 6.07) is 10.6. The summed E-state index contributed by atoms with van der Waals surface area (Å²) in [5, 5.41) is 0. The summed E-state index contributed by atoms with van der Waals surface area (Å²) in [5.74, 6) is 1.54. The van der Waals surface area contributed by atoms with Crippen LogP contribution in [0.3, 0.4) is 0 Å². The number of carbonyl (C=O) groups is 1. The molecule has 1 heterocycles. The van der Waals surface area contributed by atoms with E-state index in [2.05, 4.69) is 17.0 Å². The minimum atomic E-state index is -0.209. The Morgan fingerprint density at radius 3 is 2.50 bits per heavy atom. The Morgan fingerprint density at radius 1 is 1.14 bits per heavy atom. The van der Waals surface area contributed by atoms with Crippen molar-refractivity contribution in [2.75, 3.05) is 13.1 Å². The molecule has 2 saturated carbocycles. The minimum absolute atomic E-state index is 0. The smallest absolute Gasteiger partial charge is 0.233 e. The number of likely N-dealkylation sites (tertiary alicyclic amines) is 1. The lowest BCUT2D eigenvalue weighted by molar-refractivity contribution is -0.133. The number of nitrogens with two attached hydrogens (primary N) is 1. The summed E-state index contributed by atoms with van der Waals surface area (Å²) in [7, 11) is 0. The predicted molar refractivity (Wildman–Crippen MR) is 90.0 cm³/mol. The van der Waals surface area contributed by atoms with Gasteiger partial charge in [-0.25, -0.2) is 0 Å². The van der Waals surface area contributed by atoms with Crippen molar-refractivity contribution in [2.45, 2.75) is 43.6 Å². The van der Waals surface area contributed by atoms with E-state index in [1.54, 1.807) is 0 Å². The fraction of sp³-hybridized carbons (Fsp3) is 0.611. The predicted octanol–water partition coefficient (Wildman–Crippen LogP) is 2.73. The maximum atomic E-state index is 13.1. The SMILES string of the molecule is Cl.NC1CCCC2CN(C(=O)C3(c4ccccc4)CC3)CC12. The van der Waals surface area contributed by atoms with Crippen molar-refractivity contribution in [3.8, 4) is 0 Å². The lowest BCUT2D eigenvalue weighted by Gasteiger charge is -2.29. The summed E-state index contributed by atoms with van der Waals surface area (Å²) in [4.78, 5) is 15.2. The summed E-state index contributed by atoms with van der Waals surface area (Å²) < 4.78 is 0. The van der Waals surface area contributed by atoms with Crippen LogP contribution in [0.4, 0.5) is 0 Å². The molecule has 0 aromatic heterocycles. The Kier molecular flexibility index (Phi) is 4.21. The van der Waals surface area contributed by atoms with Crippen molar-refractivity contribution < 1.29 is 4.79 Å². The van der Waals surface area contributed by atoms with Crippen LogP contribution in [-0.4, -0.2) is 29.9 Å². The van der Waals surface area contributed by atoms with Crippen molar-refractivity contribution in [2.24, 2.45) is 17.6 Å². The van der Waals surface area contributed by atoms with E-state index in [0.29, 0.717) is 23.8 Å². The van der Waals surface area contributed by atoms with E-state index in [-0.39, 0.29) is 17.8 Å². The molecular weight excluding hydrogens is 296 g/mol. The van der Waals surface area contributed by atoms with Gasteiger partial charge in [-0.2, -0.15) is 0 Å². The number of rotatable bonds is 2. The maximum absolute atomic E-state index is 13.1. The van der Waals surface area contributed by atoms with Crippen LogP contribution < -0.4 is 5.73 Å². The first-order chi connectivity index (χ1) is 10.2. The van der Waals surface area contributed by atoms with Gasteiger partial charge in [-0.05, 0) is 43.1 Å². The highest BCUT2D eigenvalue weighted by Crippen LogP contribution is 2.50. The second-order valence-electron chi connectivity index (χ2n) is 7.18. The molecular formula is C18H25ClN2O. The first-order valence-corrected chi connectivity index (χ1v) is 8.31. The summed E-state index contributed by atoms with van der Waals surface area (Å²) in [6.45, 7) is 1.82. The van der Waals surface area contributed by atoms with E-state index in [9.17, 15) is 4.79 Å². The van der Waals surface area contributed by atoms with Crippen LogP contribution in [0.25, 0.3) is 0 Å². The topological polar surface area (TPSA) is 46.3 Å². The highest BCUT2D eigenvalue weighted by molar-refractivity contribution is 5.91. The zero-order valence-corrected chi connectivity index (χ0v) is 13.7. The molecule has 1 aromatic rings. The van der Waals surface area contributed by atoms with Crippen molar-refractivity contribution in [1.29, 1.82) is 0 Å². The molecule has 4 heteroatoms. The molecule has 3 aliphatic rings. The van der Waals surface area contributed by atoms with Gasteiger partial charge in [0.15, 0.2) is 0 Å². The van der Waals surface area contributed by atoms with Crippen LogP contribution in [-0.2, 0) is 10.2 Å². The molecule has 120 valence electrons. The molecule has 0 spiro atoms. The summed E-state index contributed by atoms with van der Waals surface area (Å²) in [6.07, 6.45) is 5.63. The highest BCUT2D eigenvalue weighted by atomic mass is 35.5. The molecule has 3 fully saturated rings. The van der Waals surface area contributed by atoms with Crippen LogP contribution in [0.15, 0.2) is 30.3 Å². The second-order valence-corrected chi connectivity index (χ2v) is 7.18. The van der Waals surface area contributed by atoms with Gasteiger partial charge in [-0.15, -0.1) is 12.4 Å². The largest absolute Gasteiger partial charge is 0.341 e. The quantitative estimate of drug-likeness (QED) is 0.910. The Bertz CT molecular complexity index is 543. The monoisotopic (exact) mass is 320 g/mol. The number of hydrogen-bond donors (Lipinski definition) is 1. The Balaban J connectivity index is 0.00000144. The number of fused-ring (bicyclic) bond motifs is 1. The van der Waals surface area contributed by atoms with Crippen molar-refractivity contribution in [3.05, 3.63) is 35.9 Å². The van der Waals surface area contributed by atoms with Gasteiger partial charge in [0.25, 0.3) is 0 Å². The zero-order chi connectivity index (χ0) is 14.4. The van der Waals surface area contributed by atoms with Gasteiger partial charge in [0.1, 0.15) is 0 Å². The van der Waals surface area contributed by atoms with Gasteiger partial charge in [-0.3, -0.25) is 4.79 Å². The molecule has 1 aliphatic heterocycles. The number of benzene rings is 1. The number of amides is 1. The van der Waals surface area contributed by atoms with Crippen LogP contribution in [0, 0.1) is 11.8 Å². The fourth-order valence-electron chi connectivity index (χ4n) is 4.49. The Hall–Kier alpha value is -1.06. The molecule has 3 atom stereocenters. The molecule has 22 heavy (non-hydrogen) atoms. The van der Waals surface area contributed by atoms with E-state index in [1.165, 1.54) is 18.4 Å². The molecule has 2 aliphatic carbocycles. The Labute approximate surface area is 138 Å². The third-order valence-corrected chi connectivity index (χ3v) is 5.93. The zero-order valence-electron chi connectivity index (χ0n) is 12.9. The molecule has 3 unspecified atom stereocenters. The number of hydrogen-bond acceptors (Lipinski definition) is 2. The summed E-state index contributed by atoms with van der Waals surface area (Å²) >= 11 is 0. The van der Waals surface area contributed by atoms with E-state index in [4.69, 9.17) is 5.73 Å². The first kappa shape index (κ1) is 15.8. The molecule has 3 nitrogen and oxygen atoms in total. The molecule has 1 amide bonds. The highest BCUT2D eigenvalue weighted by Gasteiger charge is 2.54. The molecule has 4 rings (SSSR count). The van der Waals surface area contributed by atoms with Crippen LogP contribution >= 0.6 is 12.4 Å². The van der Waals surface area contributed by atoms with Gasteiger partial charge < -0.3 is 10.6 Å². The first-order valence-electron chi connectivity index (χ1n) is 8.31. The van der Waals surface area contributed by atoms with Gasteiger partial charge in [-0.1, -0.05) is 36.8 Å². The minimum Gasteiger partial charge on any atom is -0.341 e. The van der Waals surface area contributed by atoms with Crippen LogP contribution in [0.5, 0.6) is 0 Å². The molecule has 1 aromatic carbocycles. The number of carbonyl (C=O) groups excluding carboxylic acids is 1. The van der Waals surface area contributed by atoms with E-state index >= 15 is 0 Å². The number of nitrogens with zero attached hydrogens (tertiary/aromatic N) is 1. The molecule has 2 N–H and O–H groups in total. The van der Waals surface area contributed by atoms with E-state index in [1.807, 2.05) is 18.2 Å². The van der Waals surface area contributed by atoms with Crippen molar-refractivity contribution in [3.63, 3.8) is 0 Å². The lowest BCUT2D eigenvalue weighted by atomic mass is 9.78. The van der Waals surface area contributed by atoms with Crippen molar-refractivity contribution in [1.82, 2.24) is 4.90 Å². The third-order valence-electron chi connectivity index (χ3n) is 5.93.